The molecule has 18 heavy (non-hydrogen) atoms. The summed E-state index contributed by atoms with van der Waals surface area (Å²) < 4.78 is 5.17. The second kappa shape index (κ2) is 6.01. The number of nitrogens with one attached hydrogen (secondary N) is 1. The molecule has 1 fully saturated rings. The Morgan fingerprint density at radius 3 is 2.72 bits per heavy atom. The Kier molecular flexibility index (Phi) is 4.92. The van der Waals surface area contributed by atoms with Crippen molar-refractivity contribution in [3.63, 3.8) is 0 Å². The average molecular weight is 260 g/mol. The van der Waals surface area contributed by atoms with E-state index in [2.05, 4.69) is 5.32 Å². The highest BCUT2D eigenvalue weighted by molar-refractivity contribution is 5.77. The van der Waals surface area contributed by atoms with Crippen molar-refractivity contribution in [2.75, 3.05) is 26.4 Å². The van der Waals surface area contributed by atoms with Gasteiger partial charge in [-0.1, -0.05) is 0 Å². The summed E-state index contributed by atoms with van der Waals surface area (Å²) in [5, 5.41) is 20.6. The molecule has 0 saturated carbocycles. The van der Waals surface area contributed by atoms with Gasteiger partial charge in [-0.05, 0) is 13.8 Å². The molecular weight excluding hydrogens is 240 g/mol. The summed E-state index contributed by atoms with van der Waals surface area (Å²) in [6.07, 6.45) is -0.160. The molecule has 1 rings (SSSR count). The maximum atomic E-state index is 12.0. The topological polar surface area (TPSA) is 99.1 Å². The average Bonchev–Trinajstić information content (AvgIpc) is 2.26. The van der Waals surface area contributed by atoms with Crippen molar-refractivity contribution in [2.45, 2.75) is 31.8 Å². The molecule has 1 heterocycles. The van der Waals surface area contributed by atoms with E-state index in [4.69, 9.17) is 14.9 Å². The lowest BCUT2D eigenvalue weighted by atomic mass is 10.0. The number of aliphatic hydroxyl groups excluding tert-OH is 1. The van der Waals surface area contributed by atoms with Gasteiger partial charge in [-0.15, -0.1) is 0 Å². The van der Waals surface area contributed by atoms with Gasteiger partial charge >= 0.3 is 12.0 Å². The van der Waals surface area contributed by atoms with Crippen LogP contribution in [0.25, 0.3) is 0 Å². The molecule has 0 radical (unpaired) electrons. The van der Waals surface area contributed by atoms with Crippen LogP contribution in [0, 0.1) is 0 Å². The van der Waals surface area contributed by atoms with Crippen LogP contribution in [0.15, 0.2) is 0 Å². The van der Waals surface area contributed by atoms with Crippen LogP contribution >= 0.6 is 0 Å². The van der Waals surface area contributed by atoms with Gasteiger partial charge in [-0.2, -0.15) is 0 Å². The molecule has 0 aromatic carbocycles. The van der Waals surface area contributed by atoms with Crippen LogP contribution in [0.3, 0.4) is 0 Å². The van der Waals surface area contributed by atoms with Crippen molar-refractivity contribution in [2.24, 2.45) is 0 Å². The van der Waals surface area contributed by atoms with Gasteiger partial charge in [0.25, 0.3) is 0 Å². The van der Waals surface area contributed by atoms with Gasteiger partial charge in [0.2, 0.25) is 0 Å². The number of ether oxygens (including phenoxy) is 1. The summed E-state index contributed by atoms with van der Waals surface area (Å²) in [6, 6.07) is -0.747. The molecule has 1 unspecified atom stereocenters. The summed E-state index contributed by atoms with van der Waals surface area (Å²) in [5.74, 6) is -0.971. The Morgan fingerprint density at radius 2 is 2.17 bits per heavy atom. The number of morpholine rings is 1. The van der Waals surface area contributed by atoms with Crippen molar-refractivity contribution >= 4 is 12.0 Å². The Bertz CT molecular complexity index is 319. The highest BCUT2D eigenvalue weighted by Crippen LogP contribution is 2.12. The smallest absolute Gasteiger partial charge is 0.318 e. The summed E-state index contributed by atoms with van der Waals surface area (Å²) in [5.41, 5.74) is -0.832. The van der Waals surface area contributed by atoms with E-state index in [-0.39, 0.29) is 25.1 Å². The van der Waals surface area contributed by atoms with Crippen LogP contribution < -0.4 is 5.32 Å². The number of amides is 2. The second-order valence-electron chi connectivity index (χ2n) is 4.99. The first-order valence-corrected chi connectivity index (χ1v) is 5.85. The van der Waals surface area contributed by atoms with Gasteiger partial charge in [-0.25, -0.2) is 4.79 Å². The number of nitrogens with zero attached hydrogens (tertiary/aromatic N) is 1. The number of hydrogen-bond donors (Lipinski definition) is 3. The molecule has 2 amide bonds. The molecule has 0 aromatic rings. The fraction of sp³-hybridized carbons (Fsp3) is 0.818. The van der Waals surface area contributed by atoms with Crippen LogP contribution in [0.2, 0.25) is 0 Å². The Hall–Kier alpha value is -1.34. The number of carbonyl (C=O) groups is 2. The van der Waals surface area contributed by atoms with E-state index in [0.717, 1.165) is 0 Å². The molecule has 1 aliphatic heterocycles. The lowest BCUT2D eigenvalue weighted by Crippen LogP contribution is -2.58. The number of aliphatic hydroxyl groups is 1. The van der Waals surface area contributed by atoms with Crippen LogP contribution in [-0.4, -0.2) is 65.1 Å². The zero-order valence-electron chi connectivity index (χ0n) is 10.7. The third kappa shape index (κ3) is 4.15. The van der Waals surface area contributed by atoms with Crippen molar-refractivity contribution in [1.82, 2.24) is 10.2 Å². The zero-order chi connectivity index (χ0) is 13.8. The number of aliphatic carboxylic acids is 1. The monoisotopic (exact) mass is 260 g/mol. The van der Waals surface area contributed by atoms with Gasteiger partial charge in [-0.3, -0.25) is 4.79 Å². The first kappa shape index (κ1) is 14.7. The van der Waals surface area contributed by atoms with E-state index in [1.807, 2.05) is 0 Å². The molecular formula is C11H20N2O5. The fourth-order valence-electron chi connectivity index (χ4n) is 1.86. The summed E-state index contributed by atoms with van der Waals surface area (Å²) in [6.45, 7) is 4.22. The minimum atomic E-state index is -0.971. The van der Waals surface area contributed by atoms with E-state index in [0.29, 0.717) is 19.8 Å². The molecule has 7 nitrogen and oxygen atoms in total. The standard InChI is InChI=1S/C11H20N2O5/c1-11(2,5-9(15)16)12-10(17)13-3-4-18-7-8(13)6-14/h8,14H,3-7H2,1-2H3,(H,12,17)(H,15,16). The zero-order valence-corrected chi connectivity index (χ0v) is 10.7. The fourth-order valence-corrected chi connectivity index (χ4v) is 1.86. The van der Waals surface area contributed by atoms with Crippen molar-refractivity contribution in [3.8, 4) is 0 Å². The van der Waals surface area contributed by atoms with Crippen molar-refractivity contribution in [3.05, 3.63) is 0 Å². The SMILES string of the molecule is CC(C)(CC(=O)O)NC(=O)N1CCOCC1CO. The molecule has 0 aliphatic carbocycles. The predicted octanol–water partition coefficient (Wildman–Crippen LogP) is -0.358. The summed E-state index contributed by atoms with van der Waals surface area (Å²) in [4.78, 5) is 24.2. The maximum absolute atomic E-state index is 12.0. The second-order valence-corrected chi connectivity index (χ2v) is 4.99. The Morgan fingerprint density at radius 1 is 1.50 bits per heavy atom. The first-order chi connectivity index (χ1) is 8.35. The first-order valence-electron chi connectivity index (χ1n) is 5.85. The van der Waals surface area contributed by atoms with Crippen LogP contribution in [-0.2, 0) is 9.53 Å². The van der Waals surface area contributed by atoms with E-state index < -0.39 is 11.5 Å². The third-order valence-electron chi connectivity index (χ3n) is 2.74. The molecule has 3 N–H and O–H groups in total. The normalized spacial score (nSPS) is 20.6. The molecule has 7 heteroatoms. The maximum Gasteiger partial charge on any atom is 0.318 e. The molecule has 0 spiro atoms. The molecule has 104 valence electrons. The van der Waals surface area contributed by atoms with Gasteiger partial charge in [0, 0.05) is 12.1 Å². The minimum Gasteiger partial charge on any atom is -0.481 e. The van der Waals surface area contributed by atoms with E-state index >= 15 is 0 Å². The van der Waals surface area contributed by atoms with Crippen molar-refractivity contribution < 1.29 is 24.5 Å². The van der Waals surface area contributed by atoms with Crippen LogP contribution in [0.1, 0.15) is 20.3 Å². The predicted molar refractivity (Wildman–Crippen MR) is 63.3 cm³/mol. The molecule has 1 saturated heterocycles. The molecule has 1 atom stereocenters. The lowest BCUT2D eigenvalue weighted by Gasteiger charge is -2.37. The lowest BCUT2D eigenvalue weighted by molar-refractivity contribution is -0.138. The van der Waals surface area contributed by atoms with Crippen LogP contribution in [0.5, 0.6) is 0 Å². The van der Waals surface area contributed by atoms with Crippen molar-refractivity contribution in [1.29, 1.82) is 0 Å². The van der Waals surface area contributed by atoms with E-state index in [1.165, 1.54) is 4.90 Å². The van der Waals surface area contributed by atoms with Gasteiger partial charge in [0.15, 0.2) is 0 Å². The van der Waals surface area contributed by atoms with E-state index in [9.17, 15) is 9.59 Å². The largest absolute Gasteiger partial charge is 0.481 e. The minimum absolute atomic E-state index is 0.160. The molecule has 0 bridgehead atoms. The Labute approximate surface area is 106 Å². The van der Waals surface area contributed by atoms with E-state index in [1.54, 1.807) is 13.8 Å². The number of carboxylic acids is 1. The highest BCUT2D eigenvalue weighted by Gasteiger charge is 2.31. The third-order valence-corrected chi connectivity index (χ3v) is 2.74. The van der Waals surface area contributed by atoms with Crippen LogP contribution in [0.4, 0.5) is 4.79 Å². The van der Waals surface area contributed by atoms with Gasteiger partial charge < -0.3 is 25.2 Å². The molecule has 0 aromatic heterocycles. The number of carboxylic acid groups (broad SMARTS) is 1. The number of carbonyl (C=O) groups excluding carboxylic acids is 1. The van der Waals surface area contributed by atoms with Gasteiger partial charge in [0.1, 0.15) is 0 Å². The highest BCUT2D eigenvalue weighted by atomic mass is 16.5. The number of urea groups is 1. The number of hydrogen-bond acceptors (Lipinski definition) is 4. The quantitative estimate of drug-likeness (QED) is 0.641. The van der Waals surface area contributed by atoms with Gasteiger partial charge in [0.05, 0.1) is 32.3 Å². The number of rotatable bonds is 4. The Balaban J connectivity index is 2.60. The molecule has 1 aliphatic rings. The summed E-state index contributed by atoms with van der Waals surface area (Å²) in [7, 11) is 0. The summed E-state index contributed by atoms with van der Waals surface area (Å²) >= 11 is 0.